The lowest BCUT2D eigenvalue weighted by molar-refractivity contribution is 1.03. The van der Waals surface area contributed by atoms with Gasteiger partial charge in [0.15, 0.2) is 0 Å². The summed E-state index contributed by atoms with van der Waals surface area (Å²) in [6, 6.07) is 3.90. The molecule has 2 aromatic rings. The first-order chi connectivity index (χ1) is 7.81. The Hall–Kier alpha value is -2.10. The smallest absolute Gasteiger partial charge is 0.208 e. The largest absolute Gasteiger partial charge is 0.352 e. The minimum Gasteiger partial charge on any atom is -0.352 e. The summed E-state index contributed by atoms with van der Waals surface area (Å²) in [4.78, 5) is 8.50. The Morgan fingerprint density at radius 1 is 1.56 bits per heavy atom. The van der Waals surface area contributed by atoms with Crippen molar-refractivity contribution in [3.63, 3.8) is 0 Å². The lowest BCUT2D eigenvalue weighted by Gasteiger charge is -2.07. The Morgan fingerprint density at radius 2 is 2.44 bits per heavy atom. The van der Waals surface area contributed by atoms with Crippen LogP contribution in [0.25, 0.3) is 5.69 Å². The van der Waals surface area contributed by atoms with Gasteiger partial charge in [-0.2, -0.15) is 0 Å². The molecule has 1 N–H and O–H groups in total. The molecular weight excluding hydrogens is 200 g/mol. The minimum absolute atomic E-state index is 0.691. The molecule has 4 nitrogen and oxygen atoms in total. The van der Waals surface area contributed by atoms with Gasteiger partial charge in [-0.15, -0.1) is 6.58 Å². The topological polar surface area (TPSA) is 42.7 Å². The van der Waals surface area contributed by atoms with E-state index < -0.39 is 0 Å². The number of hydrogen-bond acceptors (Lipinski definition) is 3. The first-order valence-electron chi connectivity index (χ1n) is 5.12. The molecule has 0 spiro atoms. The second kappa shape index (κ2) is 4.61. The summed E-state index contributed by atoms with van der Waals surface area (Å²) in [6.07, 6.45) is 7.34. The second-order valence-electron chi connectivity index (χ2n) is 3.46. The van der Waals surface area contributed by atoms with E-state index in [1.54, 1.807) is 18.5 Å². The molecule has 16 heavy (non-hydrogen) atoms. The predicted molar refractivity (Wildman–Crippen MR) is 64.8 cm³/mol. The molecule has 0 saturated heterocycles. The van der Waals surface area contributed by atoms with E-state index in [0.29, 0.717) is 6.54 Å². The van der Waals surface area contributed by atoms with Crippen LogP contribution in [0, 0.1) is 6.92 Å². The Kier molecular flexibility index (Phi) is 3.00. The molecule has 2 rings (SSSR count). The summed E-state index contributed by atoms with van der Waals surface area (Å²) < 4.78 is 1.98. The summed E-state index contributed by atoms with van der Waals surface area (Å²) in [6.45, 7) is 6.33. The first-order valence-corrected chi connectivity index (χ1v) is 5.12. The molecule has 2 heterocycles. The third kappa shape index (κ3) is 2.11. The van der Waals surface area contributed by atoms with Crippen LogP contribution in [0.3, 0.4) is 0 Å². The number of pyridine rings is 1. The van der Waals surface area contributed by atoms with Gasteiger partial charge >= 0.3 is 0 Å². The zero-order valence-electron chi connectivity index (χ0n) is 9.22. The van der Waals surface area contributed by atoms with Gasteiger partial charge in [0.2, 0.25) is 5.95 Å². The molecule has 0 atom stereocenters. The third-order valence-electron chi connectivity index (χ3n) is 2.15. The van der Waals surface area contributed by atoms with E-state index in [4.69, 9.17) is 0 Å². The highest BCUT2D eigenvalue weighted by Gasteiger charge is 2.05. The van der Waals surface area contributed by atoms with Gasteiger partial charge in [-0.1, -0.05) is 6.08 Å². The number of nitrogens with zero attached hydrogens (tertiary/aromatic N) is 3. The monoisotopic (exact) mass is 214 g/mol. The third-order valence-corrected chi connectivity index (χ3v) is 2.15. The first kappa shape index (κ1) is 10.4. The van der Waals surface area contributed by atoms with Crippen molar-refractivity contribution in [2.45, 2.75) is 6.92 Å². The number of imidazole rings is 1. The van der Waals surface area contributed by atoms with E-state index in [9.17, 15) is 0 Å². The van der Waals surface area contributed by atoms with Crippen LogP contribution in [-0.4, -0.2) is 21.1 Å². The van der Waals surface area contributed by atoms with Crippen molar-refractivity contribution >= 4 is 5.95 Å². The molecule has 0 aromatic carbocycles. The van der Waals surface area contributed by atoms with Crippen molar-refractivity contribution in [2.24, 2.45) is 0 Å². The average molecular weight is 214 g/mol. The van der Waals surface area contributed by atoms with Crippen molar-refractivity contribution in [2.75, 3.05) is 11.9 Å². The standard InChI is InChI=1S/C12H14N4/c1-3-6-14-12-15-10(2)9-16(12)11-5-4-7-13-8-11/h3-5,7-9H,1,6H2,2H3,(H,14,15). The van der Waals surface area contributed by atoms with E-state index in [0.717, 1.165) is 17.3 Å². The zero-order chi connectivity index (χ0) is 11.4. The van der Waals surface area contributed by atoms with Crippen LogP contribution in [0.15, 0.2) is 43.4 Å². The maximum absolute atomic E-state index is 4.40. The van der Waals surface area contributed by atoms with E-state index >= 15 is 0 Å². The van der Waals surface area contributed by atoms with Crippen LogP contribution in [-0.2, 0) is 0 Å². The van der Waals surface area contributed by atoms with E-state index in [2.05, 4.69) is 21.9 Å². The molecule has 0 aliphatic carbocycles. The van der Waals surface area contributed by atoms with Crippen LogP contribution in [0.5, 0.6) is 0 Å². The maximum Gasteiger partial charge on any atom is 0.208 e. The highest BCUT2D eigenvalue weighted by molar-refractivity contribution is 5.41. The lowest BCUT2D eigenvalue weighted by Crippen LogP contribution is -2.05. The molecule has 82 valence electrons. The van der Waals surface area contributed by atoms with Crippen molar-refractivity contribution in [3.8, 4) is 5.69 Å². The normalized spacial score (nSPS) is 10.1. The average Bonchev–Trinajstić information content (AvgIpc) is 2.69. The van der Waals surface area contributed by atoms with Gasteiger partial charge in [-0.3, -0.25) is 9.55 Å². The summed E-state index contributed by atoms with van der Waals surface area (Å²) in [5.74, 6) is 0.811. The Balaban J connectivity index is 2.36. The number of aryl methyl sites for hydroxylation is 1. The van der Waals surface area contributed by atoms with Gasteiger partial charge in [0.05, 0.1) is 17.6 Å². The fourth-order valence-electron chi connectivity index (χ4n) is 1.48. The van der Waals surface area contributed by atoms with Crippen molar-refractivity contribution in [1.29, 1.82) is 0 Å². The van der Waals surface area contributed by atoms with Crippen molar-refractivity contribution in [3.05, 3.63) is 49.1 Å². The minimum atomic E-state index is 0.691. The van der Waals surface area contributed by atoms with Crippen molar-refractivity contribution in [1.82, 2.24) is 14.5 Å². The van der Waals surface area contributed by atoms with Gasteiger partial charge in [0, 0.05) is 18.9 Å². The lowest BCUT2D eigenvalue weighted by atomic mass is 10.4. The highest BCUT2D eigenvalue weighted by Crippen LogP contribution is 2.15. The van der Waals surface area contributed by atoms with Gasteiger partial charge in [-0.05, 0) is 19.1 Å². The molecule has 4 heteroatoms. The van der Waals surface area contributed by atoms with Gasteiger partial charge < -0.3 is 5.32 Å². The number of nitrogens with one attached hydrogen (secondary N) is 1. The maximum atomic E-state index is 4.40. The van der Waals surface area contributed by atoms with Crippen LogP contribution in [0.2, 0.25) is 0 Å². The summed E-state index contributed by atoms with van der Waals surface area (Å²) in [5.41, 5.74) is 1.96. The Bertz CT molecular complexity index is 473. The van der Waals surface area contributed by atoms with Gasteiger partial charge in [0.25, 0.3) is 0 Å². The van der Waals surface area contributed by atoms with E-state index in [1.807, 2.05) is 29.8 Å². The molecular formula is C12H14N4. The number of rotatable bonds is 4. The quantitative estimate of drug-likeness (QED) is 0.793. The predicted octanol–water partition coefficient (Wildman–Crippen LogP) is 2.17. The van der Waals surface area contributed by atoms with Gasteiger partial charge in [-0.25, -0.2) is 4.98 Å². The van der Waals surface area contributed by atoms with Crippen LogP contribution < -0.4 is 5.32 Å². The zero-order valence-corrected chi connectivity index (χ0v) is 9.22. The van der Waals surface area contributed by atoms with Crippen LogP contribution in [0.1, 0.15) is 5.69 Å². The Morgan fingerprint density at radius 3 is 3.12 bits per heavy atom. The summed E-state index contributed by atoms with van der Waals surface area (Å²) >= 11 is 0. The second-order valence-corrected chi connectivity index (χ2v) is 3.46. The molecule has 0 saturated carbocycles. The highest BCUT2D eigenvalue weighted by atomic mass is 15.2. The molecule has 0 aliphatic heterocycles. The molecule has 0 bridgehead atoms. The molecule has 0 radical (unpaired) electrons. The van der Waals surface area contributed by atoms with Crippen molar-refractivity contribution < 1.29 is 0 Å². The molecule has 0 unspecified atom stereocenters. The molecule has 2 aromatic heterocycles. The number of aromatic nitrogens is 3. The fraction of sp³-hybridized carbons (Fsp3) is 0.167. The Labute approximate surface area is 94.7 Å². The van der Waals surface area contributed by atoms with Crippen LogP contribution in [0.4, 0.5) is 5.95 Å². The van der Waals surface area contributed by atoms with E-state index in [1.165, 1.54) is 0 Å². The summed E-state index contributed by atoms with van der Waals surface area (Å²) in [5, 5.41) is 3.19. The number of anilines is 1. The SMILES string of the molecule is C=CCNc1nc(C)cn1-c1cccnc1. The fourth-order valence-corrected chi connectivity index (χ4v) is 1.48. The van der Waals surface area contributed by atoms with Crippen LogP contribution >= 0.6 is 0 Å². The van der Waals surface area contributed by atoms with E-state index in [-0.39, 0.29) is 0 Å². The molecule has 0 amide bonds. The number of hydrogen-bond donors (Lipinski definition) is 1. The molecule has 0 aliphatic rings. The molecule has 0 fully saturated rings. The van der Waals surface area contributed by atoms with Gasteiger partial charge in [0.1, 0.15) is 0 Å². The summed E-state index contributed by atoms with van der Waals surface area (Å²) in [7, 11) is 0.